The Balaban J connectivity index is 1.28. The molecule has 0 fully saturated rings. The van der Waals surface area contributed by atoms with Crippen molar-refractivity contribution < 1.29 is 9.53 Å². The molecule has 0 saturated heterocycles. The van der Waals surface area contributed by atoms with Crippen molar-refractivity contribution in [3.63, 3.8) is 0 Å². The van der Waals surface area contributed by atoms with Crippen LogP contribution < -0.4 is 9.64 Å². The van der Waals surface area contributed by atoms with E-state index >= 15 is 0 Å². The van der Waals surface area contributed by atoms with Gasteiger partial charge in [-0.05, 0) is 85.4 Å². The molecule has 0 atom stereocenters. The second kappa shape index (κ2) is 7.68. The molecule has 0 bridgehead atoms. The van der Waals surface area contributed by atoms with Crippen molar-refractivity contribution in [1.82, 2.24) is 0 Å². The molecule has 1 aliphatic heterocycles. The van der Waals surface area contributed by atoms with Crippen molar-refractivity contribution >= 4 is 22.9 Å². The van der Waals surface area contributed by atoms with Gasteiger partial charge in [0.25, 0.3) is 5.91 Å². The van der Waals surface area contributed by atoms with Gasteiger partial charge in [0.2, 0.25) is 0 Å². The number of amides is 1. The van der Waals surface area contributed by atoms with Gasteiger partial charge in [-0.25, -0.2) is 0 Å². The second-order valence-corrected chi connectivity index (χ2v) is 9.00. The second-order valence-electron chi connectivity index (χ2n) is 8.08. The van der Waals surface area contributed by atoms with E-state index in [-0.39, 0.29) is 5.91 Å². The van der Waals surface area contributed by atoms with Crippen molar-refractivity contribution in [3.05, 3.63) is 80.5 Å². The van der Waals surface area contributed by atoms with E-state index in [0.717, 1.165) is 47.7 Å². The number of fused-ring (bicyclic) bond motifs is 2. The number of ether oxygens (including phenoxy) is 1. The number of carbonyl (C=O) groups excluding carboxylic acids is 1. The van der Waals surface area contributed by atoms with Gasteiger partial charge in [0.1, 0.15) is 12.4 Å². The van der Waals surface area contributed by atoms with Gasteiger partial charge in [-0.2, -0.15) is 0 Å². The van der Waals surface area contributed by atoms with Gasteiger partial charge in [-0.3, -0.25) is 4.79 Å². The van der Waals surface area contributed by atoms with E-state index in [4.69, 9.17) is 4.74 Å². The van der Waals surface area contributed by atoms with Crippen LogP contribution in [0.5, 0.6) is 5.75 Å². The quantitative estimate of drug-likeness (QED) is 0.558. The van der Waals surface area contributed by atoms with Crippen LogP contribution in [-0.4, -0.2) is 12.5 Å². The average molecular weight is 404 g/mol. The minimum absolute atomic E-state index is 0.101. The highest BCUT2D eigenvalue weighted by atomic mass is 32.1. The van der Waals surface area contributed by atoms with Crippen molar-refractivity contribution in [2.24, 2.45) is 0 Å². The predicted molar refractivity (Wildman–Crippen MR) is 118 cm³/mol. The van der Waals surface area contributed by atoms with E-state index in [0.29, 0.717) is 6.61 Å². The van der Waals surface area contributed by atoms with E-state index < -0.39 is 0 Å². The maximum Gasteiger partial charge on any atom is 0.268 e. The summed E-state index contributed by atoms with van der Waals surface area (Å²) in [6, 6.07) is 14.8. The van der Waals surface area contributed by atoms with Crippen LogP contribution >= 0.6 is 11.3 Å². The molecule has 0 N–H and O–H groups in total. The van der Waals surface area contributed by atoms with Gasteiger partial charge in [0.15, 0.2) is 0 Å². The molecular formula is C25H25NO2S. The lowest BCUT2D eigenvalue weighted by atomic mass is 9.99. The summed E-state index contributed by atoms with van der Waals surface area (Å²) < 4.78 is 6.01. The first kappa shape index (κ1) is 18.4. The zero-order chi connectivity index (χ0) is 19.8. The van der Waals surface area contributed by atoms with Crippen molar-refractivity contribution in [2.45, 2.75) is 45.6 Å². The minimum Gasteiger partial charge on any atom is -0.489 e. The fourth-order valence-corrected chi connectivity index (χ4v) is 5.28. The zero-order valence-corrected chi connectivity index (χ0v) is 17.6. The molecule has 2 aliphatic rings. The summed E-state index contributed by atoms with van der Waals surface area (Å²) >= 11 is 1.51. The number of benzene rings is 2. The molecule has 2 heterocycles. The Morgan fingerprint density at radius 2 is 1.86 bits per heavy atom. The summed E-state index contributed by atoms with van der Waals surface area (Å²) in [6.07, 6.45) is 5.65. The fraction of sp³-hybridized carbons (Fsp3) is 0.320. The number of thiophene rings is 1. The van der Waals surface area contributed by atoms with Crippen LogP contribution in [0.1, 0.15) is 50.3 Å². The SMILES string of the molecule is Cc1ccc2c(c1)CCCN2C(=O)c1cc(COc2ccc3c(c2)CCC3)cs1. The molecule has 3 aromatic rings. The predicted octanol–water partition coefficient (Wildman–Crippen LogP) is 5.72. The molecule has 29 heavy (non-hydrogen) atoms. The zero-order valence-electron chi connectivity index (χ0n) is 16.7. The Morgan fingerprint density at radius 3 is 2.79 bits per heavy atom. The van der Waals surface area contributed by atoms with Crippen molar-refractivity contribution in [3.8, 4) is 5.75 Å². The molecule has 1 aromatic heterocycles. The van der Waals surface area contributed by atoms with Gasteiger partial charge in [-0.1, -0.05) is 23.8 Å². The fourth-order valence-electron chi connectivity index (χ4n) is 4.44. The molecule has 0 saturated carbocycles. The van der Waals surface area contributed by atoms with E-state index in [2.05, 4.69) is 43.3 Å². The van der Waals surface area contributed by atoms with Gasteiger partial charge >= 0.3 is 0 Å². The van der Waals surface area contributed by atoms with Crippen molar-refractivity contribution in [2.75, 3.05) is 11.4 Å². The lowest BCUT2D eigenvalue weighted by Gasteiger charge is -2.29. The van der Waals surface area contributed by atoms with E-state index in [9.17, 15) is 4.79 Å². The third kappa shape index (κ3) is 3.69. The van der Waals surface area contributed by atoms with Crippen LogP contribution in [0, 0.1) is 6.92 Å². The highest BCUT2D eigenvalue weighted by molar-refractivity contribution is 7.12. The summed E-state index contributed by atoms with van der Waals surface area (Å²) in [7, 11) is 0. The van der Waals surface area contributed by atoms with E-state index in [1.54, 1.807) is 0 Å². The van der Waals surface area contributed by atoms with Crippen LogP contribution in [-0.2, 0) is 25.9 Å². The average Bonchev–Trinajstić information content (AvgIpc) is 3.40. The normalized spacial score (nSPS) is 15.1. The van der Waals surface area contributed by atoms with Gasteiger partial charge < -0.3 is 9.64 Å². The maximum atomic E-state index is 13.2. The topological polar surface area (TPSA) is 29.5 Å². The van der Waals surface area contributed by atoms with E-state index in [1.165, 1.54) is 46.4 Å². The third-order valence-corrected chi connectivity index (χ3v) is 6.91. The minimum atomic E-state index is 0.101. The lowest BCUT2D eigenvalue weighted by molar-refractivity contribution is 0.0989. The summed E-state index contributed by atoms with van der Waals surface area (Å²) in [6.45, 7) is 3.39. The number of hydrogen-bond acceptors (Lipinski definition) is 3. The van der Waals surface area contributed by atoms with Crippen LogP contribution in [0.25, 0.3) is 0 Å². The first-order chi connectivity index (χ1) is 14.2. The Hall–Kier alpha value is -2.59. The smallest absolute Gasteiger partial charge is 0.268 e. The standard InChI is InChI=1S/C25H25NO2S/c1-17-7-10-23-21(12-17)6-3-11-26(23)25(27)24-13-18(16-29-24)15-28-22-9-8-19-4-2-5-20(19)14-22/h7-10,12-14,16H,2-6,11,15H2,1H3. The van der Waals surface area contributed by atoms with Crippen LogP contribution in [0.4, 0.5) is 5.69 Å². The highest BCUT2D eigenvalue weighted by Crippen LogP contribution is 2.31. The van der Waals surface area contributed by atoms with Gasteiger partial charge in [0.05, 0.1) is 4.88 Å². The Kier molecular flexibility index (Phi) is 4.88. The first-order valence-electron chi connectivity index (χ1n) is 10.4. The summed E-state index contributed by atoms with van der Waals surface area (Å²) in [5.74, 6) is 1.02. The molecule has 0 spiro atoms. The number of aryl methyl sites for hydroxylation is 4. The molecule has 1 aliphatic carbocycles. The number of nitrogens with zero attached hydrogens (tertiary/aromatic N) is 1. The monoisotopic (exact) mass is 403 g/mol. The molecule has 4 heteroatoms. The van der Waals surface area contributed by atoms with Crippen LogP contribution in [0.3, 0.4) is 0 Å². The van der Waals surface area contributed by atoms with Gasteiger partial charge in [-0.15, -0.1) is 11.3 Å². The molecule has 5 rings (SSSR count). The summed E-state index contributed by atoms with van der Waals surface area (Å²) in [5.41, 5.74) is 7.53. The van der Waals surface area contributed by atoms with Crippen molar-refractivity contribution in [1.29, 1.82) is 0 Å². The molecule has 1 amide bonds. The molecule has 0 unspecified atom stereocenters. The molecule has 148 valence electrons. The molecule has 3 nitrogen and oxygen atoms in total. The molecule has 2 aromatic carbocycles. The number of carbonyl (C=O) groups is 1. The Bertz CT molecular complexity index is 1070. The number of hydrogen-bond donors (Lipinski definition) is 0. The molecular weight excluding hydrogens is 378 g/mol. The van der Waals surface area contributed by atoms with E-state index in [1.807, 2.05) is 16.3 Å². The Labute approximate surface area is 175 Å². The third-order valence-electron chi connectivity index (χ3n) is 5.94. The maximum absolute atomic E-state index is 13.2. The van der Waals surface area contributed by atoms with Crippen LogP contribution in [0.2, 0.25) is 0 Å². The highest BCUT2D eigenvalue weighted by Gasteiger charge is 2.24. The largest absolute Gasteiger partial charge is 0.489 e. The summed E-state index contributed by atoms with van der Waals surface area (Å²) in [5, 5.41) is 2.04. The van der Waals surface area contributed by atoms with Crippen LogP contribution in [0.15, 0.2) is 47.8 Å². The number of rotatable bonds is 4. The summed E-state index contributed by atoms with van der Waals surface area (Å²) in [4.78, 5) is 15.9. The molecule has 0 radical (unpaired) electrons. The number of anilines is 1. The van der Waals surface area contributed by atoms with Gasteiger partial charge in [0, 0.05) is 17.8 Å². The Morgan fingerprint density at radius 1 is 1.00 bits per heavy atom. The lowest BCUT2D eigenvalue weighted by Crippen LogP contribution is -2.35. The first-order valence-corrected chi connectivity index (χ1v) is 11.3.